The quantitative estimate of drug-likeness (QED) is 0.908. The molecule has 8 heteroatoms. The number of carbonyl (C=O) groups is 1. The van der Waals surface area contributed by atoms with Crippen molar-refractivity contribution in [3.63, 3.8) is 0 Å². The number of hydrogen-bond acceptors (Lipinski definition) is 3. The maximum atomic E-state index is 12.3. The Morgan fingerprint density at radius 2 is 2.14 bits per heavy atom. The molecule has 1 atom stereocenters. The number of benzene rings is 1. The molecule has 0 bridgehead atoms. The van der Waals surface area contributed by atoms with Gasteiger partial charge in [-0.2, -0.15) is 0 Å². The lowest BCUT2D eigenvalue weighted by Crippen LogP contribution is -2.52. The van der Waals surface area contributed by atoms with Crippen LogP contribution in [-0.4, -0.2) is 42.8 Å². The summed E-state index contributed by atoms with van der Waals surface area (Å²) < 4.78 is 40.3. The maximum Gasteiger partial charge on any atom is 0.573 e. The predicted molar refractivity (Wildman–Crippen MR) is 73.7 cm³/mol. The second-order valence-electron chi connectivity index (χ2n) is 4.63. The number of piperazine rings is 1. The van der Waals surface area contributed by atoms with Crippen molar-refractivity contribution in [3.8, 4) is 5.75 Å². The number of nitrogens with zero attached hydrogens (tertiary/aromatic N) is 1. The number of carbonyl (C=O) groups excluding carboxylic acids is 1. The van der Waals surface area contributed by atoms with E-state index in [0.717, 1.165) is 6.07 Å². The first-order chi connectivity index (χ1) is 9.37. The summed E-state index contributed by atoms with van der Waals surface area (Å²) in [6, 6.07) is 5.15. The normalized spacial score (nSPS) is 18.9. The Bertz CT molecular complexity index is 497. The summed E-state index contributed by atoms with van der Waals surface area (Å²) in [5.41, 5.74) is 0.195. The third kappa shape index (κ3) is 4.78. The Morgan fingerprint density at radius 1 is 1.43 bits per heavy atom. The highest BCUT2D eigenvalue weighted by molar-refractivity contribution is 5.94. The van der Waals surface area contributed by atoms with Crippen LogP contribution in [0.25, 0.3) is 0 Å². The van der Waals surface area contributed by atoms with Crippen molar-refractivity contribution in [2.45, 2.75) is 19.3 Å². The van der Waals surface area contributed by atoms with Crippen LogP contribution < -0.4 is 10.1 Å². The lowest BCUT2D eigenvalue weighted by Gasteiger charge is -2.34. The Hall–Kier alpha value is -1.47. The van der Waals surface area contributed by atoms with Crippen molar-refractivity contribution in [2.75, 3.05) is 19.6 Å². The average Bonchev–Trinajstić information content (AvgIpc) is 2.37. The molecule has 118 valence electrons. The van der Waals surface area contributed by atoms with Crippen molar-refractivity contribution in [1.29, 1.82) is 0 Å². The molecule has 0 spiro atoms. The number of hydrogen-bond donors (Lipinski definition) is 1. The van der Waals surface area contributed by atoms with Gasteiger partial charge in [-0.3, -0.25) is 4.79 Å². The summed E-state index contributed by atoms with van der Waals surface area (Å²) in [4.78, 5) is 13.9. The number of amides is 1. The molecule has 1 aliphatic heterocycles. The summed E-state index contributed by atoms with van der Waals surface area (Å²) in [6.45, 7) is 3.77. The van der Waals surface area contributed by atoms with E-state index >= 15 is 0 Å². The number of alkyl halides is 3. The highest BCUT2D eigenvalue weighted by atomic mass is 35.5. The monoisotopic (exact) mass is 324 g/mol. The smallest absolute Gasteiger partial charge is 0.406 e. The molecular formula is C13H16ClF3N2O2. The molecule has 0 unspecified atom stereocenters. The molecule has 1 N–H and O–H groups in total. The van der Waals surface area contributed by atoms with Gasteiger partial charge in [-0.15, -0.1) is 25.6 Å². The summed E-state index contributed by atoms with van der Waals surface area (Å²) in [5, 5.41) is 3.15. The van der Waals surface area contributed by atoms with Crippen LogP contribution in [0.15, 0.2) is 24.3 Å². The van der Waals surface area contributed by atoms with Crippen LogP contribution in [0.5, 0.6) is 5.75 Å². The third-order valence-electron chi connectivity index (χ3n) is 3.08. The minimum Gasteiger partial charge on any atom is -0.406 e. The molecule has 4 nitrogen and oxygen atoms in total. The molecular weight excluding hydrogens is 309 g/mol. The molecule has 0 radical (unpaired) electrons. The van der Waals surface area contributed by atoms with E-state index in [1.54, 1.807) is 4.90 Å². The van der Waals surface area contributed by atoms with Crippen molar-refractivity contribution in [1.82, 2.24) is 10.2 Å². The first kappa shape index (κ1) is 17.6. The molecule has 1 saturated heterocycles. The minimum absolute atomic E-state index is 0. The lowest BCUT2D eigenvalue weighted by molar-refractivity contribution is -0.274. The lowest BCUT2D eigenvalue weighted by atomic mass is 10.1. The van der Waals surface area contributed by atoms with Crippen molar-refractivity contribution in [3.05, 3.63) is 29.8 Å². The van der Waals surface area contributed by atoms with Gasteiger partial charge in [0.05, 0.1) is 0 Å². The Balaban J connectivity index is 0.00000220. The highest BCUT2D eigenvalue weighted by Crippen LogP contribution is 2.24. The van der Waals surface area contributed by atoms with E-state index in [2.05, 4.69) is 10.1 Å². The molecule has 0 aromatic heterocycles. The molecule has 2 rings (SSSR count). The zero-order valence-electron chi connectivity index (χ0n) is 11.3. The Labute approximate surface area is 126 Å². The van der Waals surface area contributed by atoms with Crippen LogP contribution in [0.2, 0.25) is 0 Å². The minimum atomic E-state index is -4.76. The SMILES string of the molecule is C[C@@H]1CNCCN1C(=O)c1cccc(OC(F)(F)F)c1.Cl. The van der Waals surface area contributed by atoms with Gasteiger partial charge >= 0.3 is 6.36 Å². The third-order valence-corrected chi connectivity index (χ3v) is 3.08. The zero-order valence-corrected chi connectivity index (χ0v) is 12.1. The summed E-state index contributed by atoms with van der Waals surface area (Å²) in [7, 11) is 0. The van der Waals surface area contributed by atoms with Gasteiger partial charge in [-0.1, -0.05) is 6.07 Å². The van der Waals surface area contributed by atoms with Crippen molar-refractivity contribution >= 4 is 18.3 Å². The maximum absolute atomic E-state index is 12.3. The number of nitrogens with one attached hydrogen (secondary N) is 1. The first-order valence-corrected chi connectivity index (χ1v) is 6.24. The Morgan fingerprint density at radius 3 is 2.76 bits per heavy atom. The second kappa shape index (κ2) is 7.00. The summed E-state index contributed by atoms with van der Waals surface area (Å²) in [5.74, 6) is -0.669. The molecule has 1 aromatic rings. The zero-order chi connectivity index (χ0) is 14.8. The molecule has 0 aliphatic carbocycles. The highest BCUT2D eigenvalue weighted by Gasteiger charge is 2.31. The molecule has 0 saturated carbocycles. The molecule has 1 aliphatic rings. The largest absolute Gasteiger partial charge is 0.573 e. The van der Waals surface area contributed by atoms with Crippen molar-refractivity contribution < 1.29 is 22.7 Å². The van der Waals surface area contributed by atoms with E-state index in [4.69, 9.17) is 0 Å². The van der Waals surface area contributed by atoms with E-state index in [1.165, 1.54) is 18.2 Å². The predicted octanol–water partition coefficient (Wildman–Crippen LogP) is 2.44. The van der Waals surface area contributed by atoms with E-state index in [9.17, 15) is 18.0 Å². The van der Waals surface area contributed by atoms with E-state index in [1.807, 2.05) is 6.92 Å². The van der Waals surface area contributed by atoms with Gasteiger partial charge in [0.2, 0.25) is 0 Å². The summed E-state index contributed by atoms with van der Waals surface area (Å²) >= 11 is 0. The second-order valence-corrected chi connectivity index (χ2v) is 4.63. The van der Waals surface area contributed by atoms with Gasteiger partial charge in [0, 0.05) is 31.2 Å². The fourth-order valence-electron chi connectivity index (χ4n) is 2.13. The van der Waals surface area contributed by atoms with Gasteiger partial charge < -0.3 is 15.0 Å². The van der Waals surface area contributed by atoms with Gasteiger partial charge in [-0.05, 0) is 25.1 Å². The fraction of sp³-hybridized carbons (Fsp3) is 0.462. The first-order valence-electron chi connectivity index (χ1n) is 6.24. The fourth-order valence-corrected chi connectivity index (χ4v) is 2.13. The number of halogens is 4. The molecule has 1 fully saturated rings. The van der Waals surface area contributed by atoms with Crippen LogP contribution >= 0.6 is 12.4 Å². The molecule has 1 heterocycles. The summed E-state index contributed by atoms with van der Waals surface area (Å²) in [6.07, 6.45) is -4.76. The van der Waals surface area contributed by atoms with Gasteiger partial charge in [0.15, 0.2) is 0 Å². The topological polar surface area (TPSA) is 41.6 Å². The van der Waals surface area contributed by atoms with Crippen LogP contribution in [-0.2, 0) is 0 Å². The van der Waals surface area contributed by atoms with Crippen LogP contribution in [0.3, 0.4) is 0 Å². The van der Waals surface area contributed by atoms with Gasteiger partial charge in [-0.25, -0.2) is 0 Å². The van der Waals surface area contributed by atoms with Gasteiger partial charge in [0.1, 0.15) is 5.75 Å². The molecule has 1 aromatic carbocycles. The molecule has 21 heavy (non-hydrogen) atoms. The van der Waals surface area contributed by atoms with Crippen molar-refractivity contribution in [2.24, 2.45) is 0 Å². The Kier molecular flexibility index (Phi) is 5.86. The average molecular weight is 325 g/mol. The van der Waals surface area contributed by atoms with Gasteiger partial charge in [0.25, 0.3) is 5.91 Å². The van der Waals surface area contributed by atoms with E-state index in [0.29, 0.717) is 19.6 Å². The number of ether oxygens (including phenoxy) is 1. The molecule has 1 amide bonds. The number of rotatable bonds is 2. The van der Waals surface area contributed by atoms with Crippen LogP contribution in [0.1, 0.15) is 17.3 Å². The van der Waals surface area contributed by atoms with E-state index in [-0.39, 0.29) is 35.7 Å². The van der Waals surface area contributed by atoms with Crippen LogP contribution in [0, 0.1) is 0 Å². The standard InChI is InChI=1S/C13H15F3N2O2.ClH/c1-9-8-17-5-6-18(9)12(19)10-3-2-4-11(7-10)20-13(14,15)16;/h2-4,7,9,17H,5-6,8H2,1H3;1H/t9-;/m1./s1. The van der Waals surface area contributed by atoms with E-state index < -0.39 is 6.36 Å². The van der Waals surface area contributed by atoms with Crippen LogP contribution in [0.4, 0.5) is 13.2 Å².